The molecule has 0 heterocycles. The van der Waals surface area contributed by atoms with E-state index in [0.717, 1.165) is 11.3 Å². The Morgan fingerprint density at radius 1 is 1.43 bits per heavy atom. The Hall–Kier alpha value is -2.24. The van der Waals surface area contributed by atoms with Gasteiger partial charge in [0.25, 0.3) is 0 Å². The number of hydrogen-bond donors (Lipinski definition) is 2. The zero-order valence-corrected chi connectivity index (χ0v) is 12.7. The lowest BCUT2D eigenvalue weighted by Gasteiger charge is -2.20. The molecule has 1 rings (SSSR count). The van der Waals surface area contributed by atoms with E-state index in [-0.39, 0.29) is 17.7 Å². The van der Waals surface area contributed by atoms with Gasteiger partial charge in [-0.05, 0) is 24.1 Å². The molecule has 0 saturated heterocycles. The first kappa shape index (κ1) is 16.8. The van der Waals surface area contributed by atoms with Crippen molar-refractivity contribution >= 4 is 11.7 Å². The Morgan fingerprint density at radius 3 is 2.57 bits per heavy atom. The molecule has 1 aromatic rings. The molecule has 6 nitrogen and oxygen atoms in total. The predicted octanol–water partition coefficient (Wildman–Crippen LogP) is 1.47. The van der Waals surface area contributed by atoms with Crippen molar-refractivity contribution in [1.82, 2.24) is 4.90 Å². The lowest BCUT2D eigenvalue weighted by atomic mass is 10.1. The van der Waals surface area contributed by atoms with Gasteiger partial charge in [-0.2, -0.15) is 0 Å². The maximum atomic E-state index is 12.0. The van der Waals surface area contributed by atoms with Crippen molar-refractivity contribution in [3.8, 4) is 5.75 Å². The van der Waals surface area contributed by atoms with Gasteiger partial charge >= 0.3 is 0 Å². The largest absolute Gasteiger partial charge is 0.497 e. The highest BCUT2D eigenvalue weighted by atomic mass is 16.5. The van der Waals surface area contributed by atoms with E-state index >= 15 is 0 Å². The van der Waals surface area contributed by atoms with Crippen molar-refractivity contribution in [1.29, 1.82) is 0 Å². The molecule has 0 aliphatic heterocycles. The van der Waals surface area contributed by atoms with Gasteiger partial charge in [-0.3, -0.25) is 4.79 Å². The third kappa shape index (κ3) is 5.33. The van der Waals surface area contributed by atoms with Crippen LogP contribution in [0.25, 0.3) is 0 Å². The van der Waals surface area contributed by atoms with Crippen LogP contribution in [0.4, 0.5) is 0 Å². The summed E-state index contributed by atoms with van der Waals surface area (Å²) in [7, 11) is 3.34. The Balaban J connectivity index is 2.45. The summed E-state index contributed by atoms with van der Waals surface area (Å²) in [6.07, 6.45) is 1.09. The number of oxime groups is 1. The van der Waals surface area contributed by atoms with E-state index in [0.29, 0.717) is 19.4 Å². The highest BCUT2D eigenvalue weighted by molar-refractivity contribution is 5.83. The van der Waals surface area contributed by atoms with Gasteiger partial charge in [0.2, 0.25) is 5.91 Å². The normalized spacial score (nSPS) is 12.8. The van der Waals surface area contributed by atoms with E-state index in [4.69, 9.17) is 15.7 Å². The fraction of sp³-hybridized carbons (Fsp3) is 0.467. The number of rotatable bonds is 7. The van der Waals surface area contributed by atoms with E-state index in [1.54, 1.807) is 19.1 Å². The van der Waals surface area contributed by atoms with E-state index in [1.165, 1.54) is 0 Å². The molecule has 0 aliphatic carbocycles. The molecule has 0 radical (unpaired) electrons. The first-order valence-electron chi connectivity index (χ1n) is 6.82. The Bertz CT molecular complexity index is 485. The first-order valence-corrected chi connectivity index (χ1v) is 6.82. The Morgan fingerprint density at radius 2 is 2.05 bits per heavy atom. The minimum Gasteiger partial charge on any atom is -0.497 e. The topological polar surface area (TPSA) is 88.2 Å². The van der Waals surface area contributed by atoms with Crippen LogP contribution >= 0.6 is 0 Å². The molecular formula is C15H23N3O3. The number of amidine groups is 1. The van der Waals surface area contributed by atoms with Crippen molar-refractivity contribution in [2.45, 2.75) is 19.8 Å². The fourth-order valence-corrected chi connectivity index (χ4v) is 1.94. The molecule has 6 heteroatoms. The summed E-state index contributed by atoms with van der Waals surface area (Å²) in [4.78, 5) is 13.6. The summed E-state index contributed by atoms with van der Waals surface area (Å²) in [5.41, 5.74) is 6.59. The third-order valence-corrected chi connectivity index (χ3v) is 3.38. The summed E-state index contributed by atoms with van der Waals surface area (Å²) in [5.74, 6) is 0.785. The second-order valence-corrected chi connectivity index (χ2v) is 5.05. The third-order valence-electron chi connectivity index (χ3n) is 3.38. The minimum atomic E-state index is -0.176. The van der Waals surface area contributed by atoms with Crippen LogP contribution in [0.1, 0.15) is 18.9 Å². The Kier molecular flexibility index (Phi) is 6.52. The molecule has 1 unspecified atom stereocenters. The van der Waals surface area contributed by atoms with Crippen molar-refractivity contribution < 1.29 is 14.7 Å². The zero-order valence-electron chi connectivity index (χ0n) is 12.7. The van der Waals surface area contributed by atoms with Gasteiger partial charge < -0.3 is 20.6 Å². The van der Waals surface area contributed by atoms with Crippen molar-refractivity contribution in [2.75, 3.05) is 20.7 Å². The van der Waals surface area contributed by atoms with Crippen LogP contribution in [-0.2, 0) is 11.2 Å². The van der Waals surface area contributed by atoms with Gasteiger partial charge in [-0.15, -0.1) is 0 Å². The number of ether oxygens (including phenoxy) is 1. The standard InChI is InChI=1S/C15H23N3O3/c1-11(15(16)17-20)10-18(2)14(19)9-6-12-4-7-13(21-3)8-5-12/h4-5,7-8,11,20H,6,9-10H2,1-3H3,(H2,16,17). The quantitative estimate of drug-likeness (QED) is 0.345. The lowest BCUT2D eigenvalue weighted by molar-refractivity contribution is -0.130. The van der Waals surface area contributed by atoms with Crippen LogP contribution in [0.3, 0.4) is 0 Å². The molecule has 0 bridgehead atoms. The summed E-state index contributed by atoms with van der Waals surface area (Å²) >= 11 is 0. The van der Waals surface area contributed by atoms with Gasteiger partial charge in [0.15, 0.2) is 0 Å². The smallest absolute Gasteiger partial charge is 0.222 e. The van der Waals surface area contributed by atoms with Gasteiger partial charge in [0, 0.05) is 25.9 Å². The fourth-order valence-electron chi connectivity index (χ4n) is 1.94. The molecular weight excluding hydrogens is 270 g/mol. The van der Waals surface area contributed by atoms with Crippen LogP contribution in [0.5, 0.6) is 5.75 Å². The van der Waals surface area contributed by atoms with Crippen molar-refractivity contribution in [3.05, 3.63) is 29.8 Å². The molecule has 1 aromatic carbocycles. The first-order chi connectivity index (χ1) is 9.97. The maximum absolute atomic E-state index is 12.0. The Labute approximate surface area is 125 Å². The molecule has 21 heavy (non-hydrogen) atoms. The summed E-state index contributed by atoms with van der Waals surface area (Å²) in [6.45, 7) is 2.24. The molecule has 0 fully saturated rings. The van der Waals surface area contributed by atoms with E-state index < -0.39 is 0 Å². The van der Waals surface area contributed by atoms with E-state index in [9.17, 15) is 4.79 Å². The van der Waals surface area contributed by atoms with Crippen molar-refractivity contribution in [3.63, 3.8) is 0 Å². The molecule has 116 valence electrons. The van der Waals surface area contributed by atoms with Crippen LogP contribution in [0.15, 0.2) is 29.4 Å². The van der Waals surface area contributed by atoms with E-state index in [2.05, 4.69) is 5.16 Å². The van der Waals surface area contributed by atoms with E-state index in [1.807, 2.05) is 31.2 Å². The number of nitrogens with zero attached hydrogens (tertiary/aromatic N) is 2. The number of aryl methyl sites for hydroxylation is 1. The molecule has 0 saturated carbocycles. The molecule has 1 amide bonds. The summed E-state index contributed by atoms with van der Waals surface area (Å²) in [5, 5.41) is 11.6. The van der Waals surface area contributed by atoms with Crippen molar-refractivity contribution in [2.24, 2.45) is 16.8 Å². The van der Waals surface area contributed by atoms with Crippen LogP contribution in [-0.4, -0.2) is 42.6 Å². The number of amides is 1. The number of benzene rings is 1. The highest BCUT2D eigenvalue weighted by Crippen LogP contribution is 2.13. The number of carbonyl (C=O) groups is 1. The average molecular weight is 293 g/mol. The summed E-state index contributed by atoms with van der Waals surface area (Å²) < 4.78 is 5.09. The lowest BCUT2D eigenvalue weighted by Crippen LogP contribution is -2.36. The SMILES string of the molecule is COc1ccc(CCC(=O)N(C)CC(C)C(N)=NO)cc1. The van der Waals surface area contributed by atoms with Crippen LogP contribution in [0.2, 0.25) is 0 Å². The number of hydrogen-bond acceptors (Lipinski definition) is 4. The number of methoxy groups -OCH3 is 1. The zero-order chi connectivity index (χ0) is 15.8. The van der Waals surface area contributed by atoms with Crippen LogP contribution in [0, 0.1) is 5.92 Å². The average Bonchev–Trinajstić information content (AvgIpc) is 2.51. The number of carbonyl (C=O) groups excluding carboxylic acids is 1. The van der Waals surface area contributed by atoms with Gasteiger partial charge in [0.05, 0.1) is 7.11 Å². The second kappa shape index (κ2) is 8.14. The van der Waals surface area contributed by atoms with Gasteiger partial charge in [0.1, 0.15) is 11.6 Å². The summed E-state index contributed by atoms with van der Waals surface area (Å²) in [6, 6.07) is 7.66. The maximum Gasteiger partial charge on any atom is 0.222 e. The molecule has 0 aliphatic rings. The van der Waals surface area contributed by atoms with Gasteiger partial charge in [-0.1, -0.05) is 24.2 Å². The second-order valence-electron chi connectivity index (χ2n) is 5.05. The molecule has 1 atom stereocenters. The van der Waals surface area contributed by atoms with Gasteiger partial charge in [-0.25, -0.2) is 0 Å². The monoisotopic (exact) mass is 293 g/mol. The van der Waals surface area contributed by atoms with Crippen LogP contribution < -0.4 is 10.5 Å². The number of nitrogens with two attached hydrogens (primary N) is 1. The molecule has 0 aromatic heterocycles. The highest BCUT2D eigenvalue weighted by Gasteiger charge is 2.15. The predicted molar refractivity (Wildman–Crippen MR) is 81.5 cm³/mol. The minimum absolute atomic E-state index is 0.0309. The molecule has 3 N–H and O–H groups in total. The molecule has 0 spiro atoms.